The summed E-state index contributed by atoms with van der Waals surface area (Å²) in [6.45, 7) is 4.75. The number of amides is 2. The first-order valence-electron chi connectivity index (χ1n) is 6.66. The number of methoxy groups -OCH3 is 1. The molecule has 7 nitrogen and oxygen atoms in total. The van der Waals surface area contributed by atoms with Gasteiger partial charge in [0.1, 0.15) is 5.75 Å². The average molecular weight is 309 g/mol. The molecule has 0 fully saturated rings. The Morgan fingerprint density at radius 2 is 1.82 bits per heavy atom. The van der Waals surface area contributed by atoms with Gasteiger partial charge in [0.15, 0.2) is 12.2 Å². The smallest absolute Gasteiger partial charge is 0.413 e. The first kappa shape index (κ1) is 17.5. The molecule has 0 bridgehead atoms. The van der Waals surface area contributed by atoms with E-state index in [4.69, 9.17) is 9.47 Å². The fraction of sp³-hybridized carbons (Fsp3) is 0.400. The molecule has 7 heteroatoms. The largest absolute Gasteiger partial charge is 0.479 e. The Morgan fingerprint density at radius 1 is 1.14 bits per heavy atom. The molecule has 120 valence electrons. The van der Waals surface area contributed by atoms with Gasteiger partial charge in [-0.3, -0.25) is 10.1 Å². The highest BCUT2D eigenvalue weighted by Gasteiger charge is 2.24. The van der Waals surface area contributed by atoms with E-state index in [0.29, 0.717) is 5.75 Å². The molecule has 0 saturated carbocycles. The highest BCUT2D eigenvalue weighted by molar-refractivity contribution is 5.95. The predicted octanol–water partition coefficient (Wildman–Crippen LogP) is 1.58. The van der Waals surface area contributed by atoms with Crippen LogP contribution in [-0.4, -0.2) is 37.3 Å². The van der Waals surface area contributed by atoms with Crippen LogP contribution in [0.5, 0.6) is 5.75 Å². The van der Waals surface area contributed by atoms with Crippen LogP contribution in [0.15, 0.2) is 24.3 Å². The van der Waals surface area contributed by atoms with Crippen LogP contribution < -0.4 is 10.1 Å². The van der Waals surface area contributed by atoms with E-state index < -0.39 is 30.2 Å². The van der Waals surface area contributed by atoms with Crippen molar-refractivity contribution in [2.24, 2.45) is 0 Å². The van der Waals surface area contributed by atoms with Crippen molar-refractivity contribution in [2.45, 2.75) is 33.0 Å². The van der Waals surface area contributed by atoms with Gasteiger partial charge in [-0.05, 0) is 38.5 Å². The van der Waals surface area contributed by atoms with E-state index in [1.54, 1.807) is 18.2 Å². The molecule has 22 heavy (non-hydrogen) atoms. The third kappa shape index (κ3) is 5.43. The number of hydrogen-bond donors (Lipinski definition) is 1. The number of aryl methyl sites for hydroxylation is 1. The lowest BCUT2D eigenvalue weighted by molar-refractivity contribution is -0.160. The zero-order valence-electron chi connectivity index (χ0n) is 12.9. The summed E-state index contributed by atoms with van der Waals surface area (Å²) in [7, 11) is 1.12. The van der Waals surface area contributed by atoms with Gasteiger partial charge in [-0.2, -0.15) is 0 Å². The first-order valence-corrected chi connectivity index (χ1v) is 6.66. The van der Waals surface area contributed by atoms with E-state index in [2.05, 4.69) is 4.74 Å². The number of ether oxygens (including phenoxy) is 3. The molecule has 0 aliphatic rings. The quantitative estimate of drug-likeness (QED) is 0.830. The maximum atomic E-state index is 11.9. The van der Waals surface area contributed by atoms with Crippen LogP contribution in [0, 0.1) is 6.92 Å². The van der Waals surface area contributed by atoms with Gasteiger partial charge in [0.2, 0.25) is 0 Å². The molecule has 0 radical (unpaired) electrons. The van der Waals surface area contributed by atoms with Crippen LogP contribution >= 0.6 is 0 Å². The van der Waals surface area contributed by atoms with E-state index in [0.717, 1.165) is 12.7 Å². The Morgan fingerprint density at radius 3 is 2.41 bits per heavy atom. The Bertz CT molecular complexity index is 557. The van der Waals surface area contributed by atoms with E-state index in [1.165, 1.54) is 13.8 Å². The van der Waals surface area contributed by atoms with E-state index in [-0.39, 0.29) is 0 Å². The molecule has 1 aromatic rings. The highest BCUT2D eigenvalue weighted by atomic mass is 16.6. The lowest BCUT2D eigenvalue weighted by atomic mass is 10.2. The molecule has 1 rings (SSSR count). The summed E-state index contributed by atoms with van der Waals surface area (Å²) in [5.74, 6) is -0.965. The third-order valence-corrected chi connectivity index (χ3v) is 2.71. The van der Waals surface area contributed by atoms with Gasteiger partial charge >= 0.3 is 12.1 Å². The van der Waals surface area contributed by atoms with Crippen LogP contribution in [0.2, 0.25) is 0 Å². The van der Waals surface area contributed by atoms with Crippen LogP contribution in [-0.2, 0) is 19.1 Å². The number of carbonyl (C=O) groups excluding carboxylic acids is 3. The fourth-order valence-electron chi connectivity index (χ4n) is 1.52. The summed E-state index contributed by atoms with van der Waals surface area (Å²) in [6, 6.07) is 7.19. The number of nitrogens with one attached hydrogen (secondary N) is 1. The molecule has 0 aliphatic carbocycles. The number of alkyl carbamates (subject to hydrolysis) is 1. The van der Waals surface area contributed by atoms with Gasteiger partial charge in [0.05, 0.1) is 7.11 Å². The van der Waals surface area contributed by atoms with Crippen molar-refractivity contribution in [1.29, 1.82) is 0 Å². The van der Waals surface area contributed by atoms with Gasteiger partial charge in [-0.1, -0.05) is 12.1 Å². The number of imide groups is 1. The van der Waals surface area contributed by atoms with Crippen molar-refractivity contribution in [1.82, 2.24) is 5.32 Å². The molecule has 2 amide bonds. The lowest BCUT2D eigenvalue weighted by Crippen LogP contribution is -2.41. The zero-order valence-corrected chi connectivity index (χ0v) is 12.9. The molecule has 0 spiro atoms. The molecule has 0 saturated heterocycles. The highest BCUT2D eigenvalue weighted by Crippen LogP contribution is 2.14. The summed E-state index contributed by atoms with van der Waals surface area (Å²) in [4.78, 5) is 34.3. The Hall–Kier alpha value is -2.57. The first-order chi connectivity index (χ1) is 10.3. The number of benzene rings is 1. The van der Waals surface area contributed by atoms with Gasteiger partial charge in [0.25, 0.3) is 5.91 Å². The minimum absolute atomic E-state index is 0.524. The van der Waals surface area contributed by atoms with Crippen LogP contribution in [0.25, 0.3) is 0 Å². The van der Waals surface area contributed by atoms with Crippen molar-refractivity contribution in [2.75, 3.05) is 7.11 Å². The molecule has 0 heterocycles. The predicted molar refractivity (Wildman–Crippen MR) is 77.4 cm³/mol. The minimum Gasteiger partial charge on any atom is -0.479 e. The normalized spacial score (nSPS) is 12.7. The standard InChI is InChI=1S/C15H19NO6/c1-9-6-5-7-12(8-9)21-11(3)14(18)22-10(2)13(17)16-15(19)20-4/h5-8,10-11H,1-4H3,(H,16,17,19)/t10-,11+/m1/s1. The number of esters is 1. The summed E-state index contributed by atoms with van der Waals surface area (Å²) < 4.78 is 14.7. The van der Waals surface area contributed by atoms with Gasteiger partial charge < -0.3 is 14.2 Å². The second-order valence-electron chi connectivity index (χ2n) is 4.64. The minimum atomic E-state index is -1.14. The fourth-order valence-corrected chi connectivity index (χ4v) is 1.52. The van der Waals surface area contributed by atoms with Crippen molar-refractivity contribution >= 4 is 18.0 Å². The van der Waals surface area contributed by atoms with Crippen LogP contribution in [0.4, 0.5) is 4.79 Å². The molecular formula is C15H19NO6. The Balaban J connectivity index is 2.53. The monoisotopic (exact) mass is 309 g/mol. The van der Waals surface area contributed by atoms with Crippen LogP contribution in [0.1, 0.15) is 19.4 Å². The van der Waals surface area contributed by atoms with Gasteiger partial charge in [-0.15, -0.1) is 0 Å². The van der Waals surface area contributed by atoms with E-state index >= 15 is 0 Å². The molecule has 1 aromatic carbocycles. The maximum Gasteiger partial charge on any atom is 0.413 e. The van der Waals surface area contributed by atoms with Crippen molar-refractivity contribution in [3.05, 3.63) is 29.8 Å². The molecule has 2 atom stereocenters. The number of carbonyl (C=O) groups is 3. The summed E-state index contributed by atoms with van der Waals surface area (Å²) in [5.41, 5.74) is 0.990. The molecule has 0 aromatic heterocycles. The second kappa shape index (κ2) is 8.02. The van der Waals surface area contributed by atoms with Crippen molar-refractivity contribution < 1.29 is 28.6 Å². The topological polar surface area (TPSA) is 90.9 Å². The van der Waals surface area contributed by atoms with Gasteiger partial charge in [-0.25, -0.2) is 9.59 Å². The van der Waals surface area contributed by atoms with Crippen molar-refractivity contribution in [3.63, 3.8) is 0 Å². The Kier molecular flexibility index (Phi) is 6.37. The summed E-state index contributed by atoms with van der Waals surface area (Å²) in [5, 5.41) is 1.91. The SMILES string of the molecule is COC(=O)NC(=O)[C@@H](C)OC(=O)[C@H](C)Oc1cccc(C)c1. The maximum absolute atomic E-state index is 11.9. The molecule has 1 N–H and O–H groups in total. The van der Waals surface area contributed by atoms with E-state index in [1.807, 2.05) is 18.3 Å². The Labute approximate surface area is 128 Å². The molecular weight excluding hydrogens is 290 g/mol. The average Bonchev–Trinajstić information content (AvgIpc) is 2.46. The second-order valence-corrected chi connectivity index (χ2v) is 4.64. The van der Waals surface area contributed by atoms with Crippen LogP contribution in [0.3, 0.4) is 0 Å². The third-order valence-electron chi connectivity index (χ3n) is 2.71. The zero-order chi connectivity index (χ0) is 16.7. The lowest BCUT2D eigenvalue weighted by Gasteiger charge is -2.17. The number of rotatable bonds is 5. The molecule has 0 unspecified atom stereocenters. The molecule has 0 aliphatic heterocycles. The summed E-state index contributed by atoms with van der Waals surface area (Å²) >= 11 is 0. The summed E-state index contributed by atoms with van der Waals surface area (Å²) in [6.07, 6.45) is -2.96. The number of hydrogen-bond acceptors (Lipinski definition) is 6. The van der Waals surface area contributed by atoms with Crippen molar-refractivity contribution in [3.8, 4) is 5.75 Å². The van der Waals surface area contributed by atoms with Gasteiger partial charge in [0, 0.05) is 0 Å². The van der Waals surface area contributed by atoms with E-state index in [9.17, 15) is 14.4 Å².